The third-order valence-electron chi connectivity index (χ3n) is 3.64. The molecule has 2 aromatic rings. The van der Waals surface area contributed by atoms with Gasteiger partial charge in [0.1, 0.15) is 5.01 Å². The van der Waals surface area contributed by atoms with E-state index in [4.69, 9.17) is 4.98 Å². The lowest BCUT2D eigenvalue weighted by Gasteiger charge is -2.21. The number of rotatable bonds is 3. The number of nitrogens with one attached hydrogen (secondary N) is 2. The zero-order valence-electron chi connectivity index (χ0n) is 12.1. The third-order valence-corrected chi connectivity index (χ3v) is 4.55. The number of nitrogens with zero attached hydrogens (tertiary/aromatic N) is 1. The molecule has 1 aromatic carbocycles. The highest BCUT2D eigenvalue weighted by Crippen LogP contribution is 2.30. The van der Waals surface area contributed by atoms with Crippen molar-refractivity contribution in [2.45, 2.75) is 32.2 Å². The van der Waals surface area contributed by atoms with E-state index in [0.29, 0.717) is 6.04 Å². The van der Waals surface area contributed by atoms with Gasteiger partial charge in [-0.1, -0.05) is 6.42 Å². The largest absolute Gasteiger partial charge is 0.326 e. The molecule has 1 aliphatic heterocycles. The number of aromatic nitrogens is 1. The molecule has 2 N–H and O–H groups in total. The number of hydrogen-bond donors (Lipinski definition) is 2. The van der Waals surface area contributed by atoms with Gasteiger partial charge in [0, 0.05) is 23.6 Å². The van der Waals surface area contributed by atoms with E-state index in [2.05, 4.69) is 16.0 Å². The minimum atomic E-state index is -0.0531. The van der Waals surface area contributed by atoms with Gasteiger partial charge in [-0.15, -0.1) is 11.3 Å². The van der Waals surface area contributed by atoms with E-state index in [1.807, 2.05) is 24.3 Å². The summed E-state index contributed by atoms with van der Waals surface area (Å²) in [6.07, 6.45) is 3.71. The summed E-state index contributed by atoms with van der Waals surface area (Å²) in [6, 6.07) is 8.24. The predicted octanol–water partition coefficient (Wildman–Crippen LogP) is 3.58. The average molecular weight is 301 g/mol. The summed E-state index contributed by atoms with van der Waals surface area (Å²) in [5, 5.41) is 9.49. The molecule has 1 fully saturated rings. The van der Waals surface area contributed by atoms with Gasteiger partial charge >= 0.3 is 0 Å². The van der Waals surface area contributed by atoms with Gasteiger partial charge in [0.2, 0.25) is 5.91 Å². The molecule has 1 aromatic heterocycles. The summed E-state index contributed by atoms with van der Waals surface area (Å²) in [6.45, 7) is 2.60. The Bertz CT molecular complexity index is 615. The van der Waals surface area contributed by atoms with Crippen molar-refractivity contribution < 1.29 is 4.79 Å². The van der Waals surface area contributed by atoms with Crippen molar-refractivity contribution in [1.29, 1.82) is 0 Å². The number of piperidine rings is 1. The zero-order chi connectivity index (χ0) is 14.7. The molecular formula is C16H19N3OS. The van der Waals surface area contributed by atoms with Gasteiger partial charge < -0.3 is 10.6 Å². The van der Waals surface area contributed by atoms with Gasteiger partial charge in [0.25, 0.3) is 0 Å². The number of amides is 1. The summed E-state index contributed by atoms with van der Waals surface area (Å²) in [5.41, 5.74) is 3.06. The first-order chi connectivity index (χ1) is 10.2. The molecule has 21 heavy (non-hydrogen) atoms. The van der Waals surface area contributed by atoms with E-state index in [9.17, 15) is 4.79 Å². The number of benzene rings is 1. The Balaban J connectivity index is 1.74. The molecule has 5 heteroatoms. The first-order valence-corrected chi connectivity index (χ1v) is 8.17. The van der Waals surface area contributed by atoms with Gasteiger partial charge in [0.15, 0.2) is 0 Å². The first kappa shape index (κ1) is 14.2. The van der Waals surface area contributed by atoms with Gasteiger partial charge in [-0.05, 0) is 43.7 Å². The molecular weight excluding hydrogens is 282 g/mol. The number of carbonyl (C=O) groups excluding carboxylic acids is 1. The summed E-state index contributed by atoms with van der Waals surface area (Å²) in [7, 11) is 0. The lowest BCUT2D eigenvalue weighted by Crippen LogP contribution is -2.26. The number of carbonyl (C=O) groups is 1. The van der Waals surface area contributed by atoms with Crippen LogP contribution in [-0.2, 0) is 4.79 Å². The van der Waals surface area contributed by atoms with Crippen LogP contribution in [0, 0.1) is 0 Å². The quantitative estimate of drug-likeness (QED) is 0.911. The van der Waals surface area contributed by atoms with Crippen LogP contribution in [0.4, 0.5) is 5.69 Å². The van der Waals surface area contributed by atoms with E-state index in [-0.39, 0.29) is 5.91 Å². The Labute approximate surface area is 128 Å². The molecule has 0 radical (unpaired) electrons. The van der Waals surface area contributed by atoms with Crippen LogP contribution in [-0.4, -0.2) is 17.4 Å². The number of anilines is 1. The molecule has 1 unspecified atom stereocenters. The van der Waals surface area contributed by atoms with Gasteiger partial charge in [-0.3, -0.25) is 4.79 Å². The molecule has 3 rings (SSSR count). The molecule has 0 saturated carbocycles. The van der Waals surface area contributed by atoms with Crippen LogP contribution < -0.4 is 10.6 Å². The van der Waals surface area contributed by atoms with Crippen LogP contribution in [0.2, 0.25) is 0 Å². The molecule has 110 valence electrons. The lowest BCUT2D eigenvalue weighted by atomic mass is 10.0. The summed E-state index contributed by atoms with van der Waals surface area (Å²) in [4.78, 5) is 15.8. The molecule has 4 nitrogen and oxygen atoms in total. The summed E-state index contributed by atoms with van der Waals surface area (Å²) in [5.74, 6) is -0.0531. The second kappa shape index (κ2) is 6.37. The van der Waals surface area contributed by atoms with E-state index in [0.717, 1.165) is 28.5 Å². The lowest BCUT2D eigenvalue weighted by molar-refractivity contribution is -0.114. The Hall–Kier alpha value is -1.72. The summed E-state index contributed by atoms with van der Waals surface area (Å²) >= 11 is 1.68. The molecule has 1 amide bonds. The van der Waals surface area contributed by atoms with Gasteiger partial charge in [-0.2, -0.15) is 0 Å². The topological polar surface area (TPSA) is 54.0 Å². The molecule has 1 saturated heterocycles. The molecule has 1 atom stereocenters. The van der Waals surface area contributed by atoms with Gasteiger partial charge in [0.05, 0.1) is 11.7 Å². The standard InChI is InChI=1S/C16H19N3OS/c1-11(20)18-13-7-5-12(6-8-13)16-19-15(10-21-16)14-4-2-3-9-17-14/h5-8,10,14,17H,2-4,9H2,1H3,(H,18,20). The van der Waals surface area contributed by atoms with Crippen LogP contribution in [0.25, 0.3) is 10.6 Å². The highest BCUT2D eigenvalue weighted by Gasteiger charge is 2.17. The highest BCUT2D eigenvalue weighted by atomic mass is 32.1. The molecule has 1 aliphatic rings. The van der Waals surface area contributed by atoms with Gasteiger partial charge in [-0.25, -0.2) is 4.98 Å². The molecule has 0 aliphatic carbocycles. The maximum Gasteiger partial charge on any atom is 0.221 e. The maximum absolute atomic E-state index is 11.0. The number of thiazole rings is 1. The van der Waals surface area contributed by atoms with E-state index in [1.165, 1.54) is 26.2 Å². The number of hydrogen-bond acceptors (Lipinski definition) is 4. The van der Waals surface area contributed by atoms with Crippen LogP contribution in [0.1, 0.15) is 37.9 Å². The minimum Gasteiger partial charge on any atom is -0.326 e. The van der Waals surface area contributed by atoms with E-state index < -0.39 is 0 Å². The Morgan fingerprint density at radius 1 is 1.33 bits per heavy atom. The molecule has 2 heterocycles. The van der Waals surface area contributed by atoms with E-state index in [1.54, 1.807) is 11.3 Å². The normalized spacial score (nSPS) is 18.4. The van der Waals surface area contributed by atoms with E-state index >= 15 is 0 Å². The fraction of sp³-hybridized carbons (Fsp3) is 0.375. The first-order valence-electron chi connectivity index (χ1n) is 7.29. The van der Waals surface area contributed by atoms with Crippen molar-refractivity contribution in [2.75, 3.05) is 11.9 Å². The Morgan fingerprint density at radius 3 is 2.81 bits per heavy atom. The fourth-order valence-corrected chi connectivity index (χ4v) is 3.46. The van der Waals surface area contributed by atoms with Crippen molar-refractivity contribution in [2.24, 2.45) is 0 Å². The smallest absolute Gasteiger partial charge is 0.221 e. The van der Waals surface area contributed by atoms with Crippen molar-refractivity contribution in [3.05, 3.63) is 35.3 Å². The second-order valence-corrected chi connectivity index (χ2v) is 6.20. The highest BCUT2D eigenvalue weighted by molar-refractivity contribution is 7.13. The summed E-state index contributed by atoms with van der Waals surface area (Å²) < 4.78 is 0. The Kier molecular flexibility index (Phi) is 4.31. The minimum absolute atomic E-state index is 0.0531. The Morgan fingerprint density at radius 2 is 2.14 bits per heavy atom. The van der Waals surface area contributed by atoms with Crippen LogP contribution >= 0.6 is 11.3 Å². The van der Waals surface area contributed by atoms with Crippen molar-refractivity contribution in [1.82, 2.24) is 10.3 Å². The van der Waals surface area contributed by atoms with Crippen LogP contribution in [0.3, 0.4) is 0 Å². The second-order valence-electron chi connectivity index (χ2n) is 5.34. The van der Waals surface area contributed by atoms with Crippen LogP contribution in [0.5, 0.6) is 0 Å². The third kappa shape index (κ3) is 3.49. The maximum atomic E-state index is 11.0. The van der Waals surface area contributed by atoms with Crippen molar-refractivity contribution in [3.8, 4) is 10.6 Å². The van der Waals surface area contributed by atoms with Crippen molar-refractivity contribution >= 4 is 22.9 Å². The zero-order valence-corrected chi connectivity index (χ0v) is 12.9. The average Bonchev–Trinajstić information content (AvgIpc) is 2.98. The fourth-order valence-electron chi connectivity index (χ4n) is 2.58. The SMILES string of the molecule is CC(=O)Nc1ccc(-c2nc(C3CCCCN3)cs2)cc1. The van der Waals surface area contributed by atoms with Crippen LogP contribution in [0.15, 0.2) is 29.6 Å². The predicted molar refractivity (Wildman–Crippen MR) is 86.4 cm³/mol. The molecule has 0 spiro atoms. The monoisotopic (exact) mass is 301 g/mol. The molecule has 0 bridgehead atoms. The van der Waals surface area contributed by atoms with Crippen molar-refractivity contribution in [3.63, 3.8) is 0 Å².